The quantitative estimate of drug-likeness (QED) is 0.193. The van der Waals surface area contributed by atoms with Gasteiger partial charge in [-0.1, -0.05) is 12.8 Å². The maximum Gasteiger partial charge on any atom is 0.205 e. The van der Waals surface area contributed by atoms with Gasteiger partial charge < -0.3 is 5.32 Å². The summed E-state index contributed by atoms with van der Waals surface area (Å²) in [5, 5.41) is 3.05. The highest BCUT2D eigenvalue weighted by Crippen LogP contribution is 2.33. The Hall–Kier alpha value is -0.770. The number of nitrogens with two attached hydrogens (primary N) is 1. The number of hydrazine groups is 1. The highest BCUT2D eigenvalue weighted by Gasteiger charge is 2.19. The molecule has 76 valence electrons. The number of hydrogen-bond acceptors (Lipinski definition) is 2. The maximum absolute atomic E-state index is 5.27. The van der Waals surface area contributed by atoms with Crippen molar-refractivity contribution in [2.75, 3.05) is 13.1 Å². The van der Waals surface area contributed by atoms with Crippen molar-refractivity contribution in [1.29, 1.82) is 0 Å². The van der Waals surface area contributed by atoms with Crippen LogP contribution in [-0.4, -0.2) is 19.0 Å². The summed E-state index contributed by atoms with van der Waals surface area (Å²) in [5.74, 6) is 6.98. The van der Waals surface area contributed by atoms with Crippen LogP contribution in [0.15, 0.2) is 4.99 Å². The second-order valence-electron chi connectivity index (χ2n) is 3.49. The van der Waals surface area contributed by atoms with E-state index in [0.717, 1.165) is 19.0 Å². The zero-order valence-corrected chi connectivity index (χ0v) is 8.34. The van der Waals surface area contributed by atoms with Crippen molar-refractivity contribution < 1.29 is 0 Å². The molecule has 1 rings (SSSR count). The molecule has 0 saturated heterocycles. The third-order valence-electron chi connectivity index (χ3n) is 2.22. The smallest absolute Gasteiger partial charge is 0.205 e. The first-order valence-electron chi connectivity index (χ1n) is 5.11. The zero-order chi connectivity index (χ0) is 9.52. The number of aliphatic imine (C=N–C) groups is 1. The lowest BCUT2D eigenvalue weighted by Gasteiger charge is -2.05. The molecule has 0 unspecified atom stereocenters. The van der Waals surface area contributed by atoms with E-state index in [2.05, 4.69) is 15.7 Å². The summed E-state index contributed by atoms with van der Waals surface area (Å²) in [7, 11) is 0. The molecule has 0 aromatic rings. The lowest BCUT2D eigenvalue weighted by Crippen LogP contribution is -2.41. The fraction of sp³-hybridized carbons (Fsp3) is 0.889. The average Bonchev–Trinajstić information content (AvgIpc) is 2.94. The molecule has 4 N–H and O–H groups in total. The van der Waals surface area contributed by atoms with Crippen LogP contribution in [-0.2, 0) is 0 Å². The molecule has 0 aromatic heterocycles. The van der Waals surface area contributed by atoms with Crippen LogP contribution in [0.3, 0.4) is 0 Å². The monoisotopic (exact) mass is 184 g/mol. The van der Waals surface area contributed by atoms with E-state index in [0.29, 0.717) is 5.96 Å². The lowest BCUT2D eigenvalue weighted by molar-refractivity contribution is 0.671. The Morgan fingerprint density at radius 1 is 1.54 bits per heavy atom. The van der Waals surface area contributed by atoms with Gasteiger partial charge in [0.15, 0.2) is 0 Å². The van der Waals surface area contributed by atoms with Crippen LogP contribution in [0.1, 0.15) is 32.6 Å². The van der Waals surface area contributed by atoms with Gasteiger partial charge in [-0.05, 0) is 25.7 Å². The minimum Gasteiger partial charge on any atom is -0.356 e. The predicted octanol–water partition coefficient (Wildman–Crippen LogP) is 0.605. The van der Waals surface area contributed by atoms with Gasteiger partial charge >= 0.3 is 0 Å². The Kier molecular flexibility index (Phi) is 4.60. The molecule has 1 aliphatic rings. The van der Waals surface area contributed by atoms with E-state index in [-0.39, 0.29) is 0 Å². The van der Waals surface area contributed by atoms with Crippen LogP contribution in [0.5, 0.6) is 0 Å². The first kappa shape index (κ1) is 10.3. The van der Waals surface area contributed by atoms with Crippen molar-refractivity contribution in [1.82, 2.24) is 10.7 Å². The minimum absolute atomic E-state index is 0.707. The van der Waals surface area contributed by atoms with Gasteiger partial charge in [0, 0.05) is 13.1 Å². The number of nitrogens with zero attached hydrogens (tertiary/aromatic N) is 1. The van der Waals surface area contributed by atoms with E-state index in [1.807, 2.05) is 6.92 Å². The van der Waals surface area contributed by atoms with Crippen LogP contribution < -0.4 is 16.6 Å². The molecular weight excluding hydrogens is 164 g/mol. The molecule has 0 spiro atoms. The largest absolute Gasteiger partial charge is 0.356 e. The van der Waals surface area contributed by atoms with Crippen molar-refractivity contribution in [2.24, 2.45) is 16.8 Å². The van der Waals surface area contributed by atoms with Gasteiger partial charge in [0.25, 0.3) is 0 Å². The third kappa shape index (κ3) is 4.72. The van der Waals surface area contributed by atoms with E-state index in [9.17, 15) is 0 Å². The second-order valence-corrected chi connectivity index (χ2v) is 3.49. The van der Waals surface area contributed by atoms with Crippen molar-refractivity contribution in [3.05, 3.63) is 0 Å². The van der Waals surface area contributed by atoms with Gasteiger partial charge in [-0.15, -0.1) is 0 Å². The van der Waals surface area contributed by atoms with Gasteiger partial charge in [-0.25, -0.2) is 5.84 Å². The molecule has 0 aliphatic heterocycles. The summed E-state index contributed by atoms with van der Waals surface area (Å²) in [6.07, 6.45) is 5.37. The number of guanidine groups is 1. The highest BCUT2D eigenvalue weighted by atomic mass is 15.3. The Bertz CT molecular complexity index is 163. The van der Waals surface area contributed by atoms with E-state index in [1.54, 1.807) is 0 Å². The molecule has 0 bridgehead atoms. The van der Waals surface area contributed by atoms with Crippen LogP contribution in [0.2, 0.25) is 0 Å². The first-order valence-corrected chi connectivity index (χ1v) is 5.11. The standard InChI is InChI=1S/C9H20N4/c1-2-11-9(13-10)12-7-3-4-8-5-6-8/h8H,2-7,10H2,1H3,(H2,11,12,13). The molecule has 0 atom stereocenters. The van der Waals surface area contributed by atoms with Crippen molar-refractivity contribution >= 4 is 5.96 Å². The molecule has 0 heterocycles. The van der Waals surface area contributed by atoms with E-state index in [4.69, 9.17) is 5.84 Å². The van der Waals surface area contributed by atoms with Gasteiger partial charge in [0.1, 0.15) is 0 Å². The Morgan fingerprint density at radius 2 is 2.31 bits per heavy atom. The van der Waals surface area contributed by atoms with E-state index in [1.165, 1.54) is 25.7 Å². The molecule has 4 heteroatoms. The van der Waals surface area contributed by atoms with Gasteiger partial charge in [0.2, 0.25) is 5.96 Å². The summed E-state index contributed by atoms with van der Waals surface area (Å²) in [5.41, 5.74) is 2.55. The van der Waals surface area contributed by atoms with Gasteiger partial charge in [-0.2, -0.15) is 0 Å². The number of rotatable bonds is 5. The maximum atomic E-state index is 5.27. The van der Waals surface area contributed by atoms with Crippen LogP contribution >= 0.6 is 0 Å². The average molecular weight is 184 g/mol. The summed E-state index contributed by atoms with van der Waals surface area (Å²) in [4.78, 5) is 4.30. The van der Waals surface area contributed by atoms with Crippen molar-refractivity contribution in [2.45, 2.75) is 32.6 Å². The summed E-state index contributed by atoms with van der Waals surface area (Å²) in [6, 6.07) is 0. The Balaban J connectivity index is 2.03. The first-order chi connectivity index (χ1) is 6.36. The normalized spacial score (nSPS) is 17.2. The molecular formula is C9H20N4. The van der Waals surface area contributed by atoms with Gasteiger partial charge in [0.05, 0.1) is 0 Å². The summed E-state index contributed by atoms with van der Waals surface area (Å²) in [6.45, 7) is 3.76. The number of nitrogens with one attached hydrogen (secondary N) is 2. The van der Waals surface area contributed by atoms with E-state index >= 15 is 0 Å². The Labute approximate surface area is 80.0 Å². The summed E-state index contributed by atoms with van der Waals surface area (Å²) >= 11 is 0. The van der Waals surface area contributed by atoms with Gasteiger partial charge in [-0.3, -0.25) is 10.4 Å². The molecule has 0 radical (unpaired) electrons. The molecule has 0 amide bonds. The minimum atomic E-state index is 0.707. The third-order valence-corrected chi connectivity index (χ3v) is 2.22. The van der Waals surface area contributed by atoms with E-state index < -0.39 is 0 Å². The fourth-order valence-electron chi connectivity index (χ4n) is 1.30. The zero-order valence-electron chi connectivity index (χ0n) is 8.34. The van der Waals surface area contributed by atoms with Crippen molar-refractivity contribution in [3.63, 3.8) is 0 Å². The predicted molar refractivity (Wildman–Crippen MR) is 55.3 cm³/mol. The van der Waals surface area contributed by atoms with Crippen LogP contribution in [0.25, 0.3) is 0 Å². The van der Waals surface area contributed by atoms with Crippen LogP contribution in [0.4, 0.5) is 0 Å². The molecule has 0 aromatic carbocycles. The molecule has 4 nitrogen and oxygen atoms in total. The molecule has 1 aliphatic carbocycles. The Morgan fingerprint density at radius 3 is 2.85 bits per heavy atom. The van der Waals surface area contributed by atoms with Crippen molar-refractivity contribution in [3.8, 4) is 0 Å². The fourth-order valence-corrected chi connectivity index (χ4v) is 1.30. The SMILES string of the molecule is CCNC(=NCCCC1CC1)NN. The number of hydrogen-bond donors (Lipinski definition) is 3. The topological polar surface area (TPSA) is 62.4 Å². The summed E-state index contributed by atoms with van der Waals surface area (Å²) < 4.78 is 0. The lowest BCUT2D eigenvalue weighted by atomic mass is 10.2. The van der Waals surface area contributed by atoms with Crippen LogP contribution in [0, 0.1) is 5.92 Å². The molecule has 1 fully saturated rings. The second kappa shape index (κ2) is 5.80. The molecule has 13 heavy (non-hydrogen) atoms. The molecule has 1 saturated carbocycles. The highest BCUT2D eigenvalue weighted by molar-refractivity contribution is 5.78.